The summed E-state index contributed by atoms with van der Waals surface area (Å²) >= 11 is 7.04. The zero-order valence-corrected chi connectivity index (χ0v) is 15.8. The van der Waals surface area contributed by atoms with Crippen LogP contribution in [0.1, 0.15) is 18.9 Å². The molecule has 2 aromatic carbocycles. The maximum atomic E-state index is 5.89. The van der Waals surface area contributed by atoms with Gasteiger partial charge in [0.2, 0.25) is 0 Å². The van der Waals surface area contributed by atoms with Gasteiger partial charge in [0.15, 0.2) is 11.5 Å². The highest BCUT2D eigenvalue weighted by molar-refractivity contribution is 9.10. The van der Waals surface area contributed by atoms with E-state index < -0.39 is 0 Å². The molecule has 118 valence electrons. The first-order valence-corrected chi connectivity index (χ1v) is 8.72. The Labute approximate surface area is 148 Å². The molecule has 0 heterocycles. The average molecular weight is 429 g/mol. The Bertz CT molecular complexity index is 615. The lowest BCUT2D eigenvalue weighted by atomic mass is 10.1. The molecule has 0 aromatic heterocycles. The van der Waals surface area contributed by atoms with Crippen LogP contribution in [0.15, 0.2) is 45.3 Å². The number of halogens is 2. The molecule has 0 aliphatic carbocycles. The summed E-state index contributed by atoms with van der Waals surface area (Å²) in [5, 5.41) is 3.41. The van der Waals surface area contributed by atoms with Crippen molar-refractivity contribution in [1.82, 2.24) is 0 Å². The number of hydrogen-bond acceptors (Lipinski definition) is 3. The van der Waals surface area contributed by atoms with Gasteiger partial charge in [-0.15, -0.1) is 0 Å². The second kappa shape index (κ2) is 8.44. The van der Waals surface area contributed by atoms with Gasteiger partial charge in [-0.1, -0.05) is 38.8 Å². The summed E-state index contributed by atoms with van der Waals surface area (Å²) < 4.78 is 13.4. The van der Waals surface area contributed by atoms with E-state index in [1.165, 1.54) is 0 Å². The fraction of sp³-hybridized carbons (Fsp3) is 0.294. The highest BCUT2D eigenvalue weighted by Gasteiger charge is 2.14. The molecule has 0 saturated heterocycles. The molecule has 0 aliphatic rings. The van der Waals surface area contributed by atoms with Crippen molar-refractivity contribution < 1.29 is 9.47 Å². The van der Waals surface area contributed by atoms with Gasteiger partial charge in [0.05, 0.1) is 13.7 Å². The molecule has 22 heavy (non-hydrogen) atoms. The van der Waals surface area contributed by atoms with Crippen molar-refractivity contribution in [3.8, 4) is 11.5 Å². The Kier molecular flexibility index (Phi) is 6.58. The van der Waals surface area contributed by atoms with E-state index in [0.717, 1.165) is 38.1 Å². The molecule has 0 spiro atoms. The van der Waals surface area contributed by atoms with Gasteiger partial charge in [0.25, 0.3) is 0 Å². The zero-order chi connectivity index (χ0) is 15.9. The molecule has 2 rings (SSSR count). The lowest BCUT2D eigenvalue weighted by molar-refractivity contribution is 0.291. The quantitative estimate of drug-likeness (QED) is 0.620. The molecule has 3 nitrogen and oxygen atoms in total. The lowest BCUT2D eigenvalue weighted by Crippen LogP contribution is -2.06. The number of anilines is 1. The van der Waals surface area contributed by atoms with Crippen molar-refractivity contribution in [2.75, 3.05) is 19.0 Å². The largest absolute Gasteiger partial charge is 0.493 e. The molecule has 0 unspecified atom stereocenters. The summed E-state index contributed by atoms with van der Waals surface area (Å²) in [6, 6.07) is 12.0. The summed E-state index contributed by atoms with van der Waals surface area (Å²) in [5.41, 5.74) is 2.11. The smallest absolute Gasteiger partial charge is 0.167 e. The molecule has 1 N–H and O–H groups in total. The van der Waals surface area contributed by atoms with Crippen molar-refractivity contribution in [2.45, 2.75) is 19.9 Å². The van der Waals surface area contributed by atoms with Crippen LogP contribution >= 0.6 is 31.9 Å². The van der Waals surface area contributed by atoms with Crippen LogP contribution in [0, 0.1) is 0 Å². The second-order valence-corrected chi connectivity index (χ2v) is 6.54. The van der Waals surface area contributed by atoms with Crippen LogP contribution < -0.4 is 14.8 Å². The molecule has 2 aromatic rings. The number of rotatable bonds is 7. The Morgan fingerprint density at radius 2 is 1.77 bits per heavy atom. The Morgan fingerprint density at radius 1 is 1.05 bits per heavy atom. The second-order valence-electron chi connectivity index (χ2n) is 4.77. The van der Waals surface area contributed by atoms with Gasteiger partial charge in [-0.2, -0.15) is 0 Å². The van der Waals surface area contributed by atoms with Gasteiger partial charge >= 0.3 is 0 Å². The normalized spacial score (nSPS) is 10.4. The molecule has 0 atom stereocenters. The molecule has 5 heteroatoms. The van der Waals surface area contributed by atoms with E-state index in [1.807, 2.05) is 36.4 Å². The van der Waals surface area contributed by atoms with E-state index in [0.29, 0.717) is 13.2 Å². The fourth-order valence-corrected chi connectivity index (χ4v) is 2.75. The van der Waals surface area contributed by atoms with E-state index in [1.54, 1.807) is 7.11 Å². The van der Waals surface area contributed by atoms with Gasteiger partial charge in [-0.25, -0.2) is 0 Å². The molecular weight excluding hydrogens is 410 g/mol. The topological polar surface area (TPSA) is 30.5 Å². The Balaban J connectivity index is 2.22. The van der Waals surface area contributed by atoms with Crippen molar-refractivity contribution in [3.05, 3.63) is 50.9 Å². The van der Waals surface area contributed by atoms with Gasteiger partial charge in [-0.05, 0) is 42.8 Å². The molecule has 0 aliphatic heterocycles. The zero-order valence-electron chi connectivity index (χ0n) is 12.7. The van der Waals surface area contributed by atoms with Gasteiger partial charge in [0.1, 0.15) is 0 Å². The van der Waals surface area contributed by atoms with E-state index in [9.17, 15) is 0 Å². The van der Waals surface area contributed by atoms with E-state index >= 15 is 0 Å². The highest BCUT2D eigenvalue weighted by atomic mass is 79.9. The van der Waals surface area contributed by atoms with Crippen LogP contribution in [0.25, 0.3) is 0 Å². The van der Waals surface area contributed by atoms with E-state index in [-0.39, 0.29) is 0 Å². The number of methoxy groups -OCH3 is 1. The van der Waals surface area contributed by atoms with E-state index in [4.69, 9.17) is 9.47 Å². The monoisotopic (exact) mass is 427 g/mol. The fourth-order valence-electron chi connectivity index (χ4n) is 2.03. The standard InChI is InChI=1S/C17H19Br2NO2/c1-3-10-22-17-14(15(19)8-9-16(17)21-2)11-20-13-6-4-12(18)5-7-13/h4-9,20H,3,10-11H2,1-2H3. The summed E-state index contributed by atoms with van der Waals surface area (Å²) in [5.74, 6) is 1.55. The minimum Gasteiger partial charge on any atom is -0.493 e. The minimum absolute atomic E-state index is 0.651. The third kappa shape index (κ3) is 4.40. The van der Waals surface area contributed by atoms with Crippen molar-refractivity contribution in [3.63, 3.8) is 0 Å². The van der Waals surface area contributed by atoms with Crippen molar-refractivity contribution >= 4 is 37.5 Å². The van der Waals surface area contributed by atoms with Crippen molar-refractivity contribution in [1.29, 1.82) is 0 Å². The highest BCUT2D eigenvalue weighted by Crippen LogP contribution is 2.37. The van der Waals surface area contributed by atoms with Crippen molar-refractivity contribution in [2.24, 2.45) is 0 Å². The Morgan fingerprint density at radius 3 is 2.41 bits per heavy atom. The Hall–Kier alpha value is -1.20. The van der Waals surface area contributed by atoms with Gasteiger partial charge < -0.3 is 14.8 Å². The molecule has 0 amide bonds. The third-order valence-corrected chi connectivity index (χ3v) is 4.42. The summed E-state index contributed by atoms with van der Waals surface area (Å²) in [6.45, 7) is 3.40. The van der Waals surface area contributed by atoms with Crippen LogP contribution in [-0.2, 0) is 6.54 Å². The van der Waals surface area contributed by atoms with Gasteiger partial charge in [-0.3, -0.25) is 0 Å². The first kappa shape index (κ1) is 17.2. The molecular formula is C17H19Br2NO2. The maximum absolute atomic E-state index is 5.89. The number of benzene rings is 2. The average Bonchev–Trinajstić information content (AvgIpc) is 2.53. The van der Waals surface area contributed by atoms with Crippen LogP contribution in [0.4, 0.5) is 5.69 Å². The first-order chi connectivity index (χ1) is 10.7. The maximum Gasteiger partial charge on any atom is 0.167 e. The molecule has 0 radical (unpaired) electrons. The number of nitrogens with one attached hydrogen (secondary N) is 1. The number of ether oxygens (including phenoxy) is 2. The van der Waals surface area contributed by atoms with Gasteiger partial charge in [0, 0.05) is 26.7 Å². The van der Waals surface area contributed by atoms with Crippen LogP contribution in [0.5, 0.6) is 11.5 Å². The lowest BCUT2D eigenvalue weighted by Gasteiger charge is -2.17. The predicted molar refractivity (Wildman–Crippen MR) is 97.9 cm³/mol. The van der Waals surface area contributed by atoms with Crippen LogP contribution in [0.2, 0.25) is 0 Å². The third-order valence-electron chi connectivity index (χ3n) is 3.15. The summed E-state index contributed by atoms with van der Waals surface area (Å²) in [7, 11) is 1.66. The summed E-state index contributed by atoms with van der Waals surface area (Å²) in [4.78, 5) is 0. The molecule has 0 saturated carbocycles. The first-order valence-electron chi connectivity index (χ1n) is 7.13. The van der Waals surface area contributed by atoms with Crippen LogP contribution in [0.3, 0.4) is 0 Å². The molecule has 0 bridgehead atoms. The van der Waals surface area contributed by atoms with Crippen LogP contribution in [-0.4, -0.2) is 13.7 Å². The number of hydrogen-bond donors (Lipinski definition) is 1. The molecule has 0 fully saturated rings. The SMILES string of the molecule is CCCOc1c(OC)ccc(Br)c1CNc1ccc(Br)cc1. The minimum atomic E-state index is 0.651. The summed E-state index contributed by atoms with van der Waals surface area (Å²) in [6.07, 6.45) is 0.954. The predicted octanol–water partition coefficient (Wildman–Crippen LogP) is 5.62. The van der Waals surface area contributed by atoms with E-state index in [2.05, 4.69) is 44.1 Å².